The van der Waals surface area contributed by atoms with E-state index >= 15 is 0 Å². The second-order valence-electron chi connectivity index (χ2n) is 9.11. The maximum atomic E-state index is 13.3. The summed E-state index contributed by atoms with van der Waals surface area (Å²) in [6.45, 7) is 4.66. The molecule has 0 saturated carbocycles. The van der Waals surface area contributed by atoms with Gasteiger partial charge in [0.25, 0.3) is 15.6 Å². The number of likely N-dealkylation sites (tertiary alicyclic amines) is 1. The second-order valence-corrected chi connectivity index (χ2v) is 10.8. The third-order valence-electron chi connectivity index (χ3n) is 6.64. The van der Waals surface area contributed by atoms with Gasteiger partial charge in [-0.05, 0) is 68.1 Å². The summed E-state index contributed by atoms with van der Waals surface area (Å²) in [5, 5.41) is 0.0544. The number of carbonyl (C=O) groups excluding carboxylic acids is 1. The van der Waals surface area contributed by atoms with Gasteiger partial charge in [0.05, 0.1) is 15.8 Å². The molecule has 0 bridgehead atoms. The summed E-state index contributed by atoms with van der Waals surface area (Å²) in [6.07, 6.45) is 3.89. The topological polar surface area (TPSA) is 110 Å². The zero-order valence-electron chi connectivity index (χ0n) is 20.2. The van der Waals surface area contributed by atoms with Crippen LogP contribution in [0.15, 0.2) is 50.9 Å². The molecule has 1 amide bonds. The van der Waals surface area contributed by atoms with E-state index in [-0.39, 0.29) is 22.7 Å². The Labute approximate surface area is 204 Å². The van der Waals surface area contributed by atoms with E-state index in [1.54, 1.807) is 17.0 Å². The Morgan fingerprint density at radius 1 is 0.943 bits per heavy atom. The zero-order valence-corrected chi connectivity index (χ0v) is 21.0. The number of nitrogens with one attached hydrogen (secondary N) is 1. The van der Waals surface area contributed by atoms with Crippen molar-refractivity contribution in [3.8, 4) is 0 Å². The molecule has 0 aliphatic carbocycles. The first-order valence-corrected chi connectivity index (χ1v) is 13.2. The van der Waals surface area contributed by atoms with E-state index in [1.807, 2.05) is 19.9 Å². The molecule has 1 aromatic heterocycles. The van der Waals surface area contributed by atoms with Crippen molar-refractivity contribution in [1.82, 2.24) is 14.0 Å². The molecule has 2 heterocycles. The molecule has 0 spiro atoms. The van der Waals surface area contributed by atoms with Gasteiger partial charge in [0, 0.05) is 25.8 Å². The molecular weight excluding hydrogens is 468 g/mol. The highest BCUT2D eigenvalue weighted by molar-refractivity contribution is 7.92. The SMILES string of the molecule is Cc1ccc(NS(=O)(=O)c2ccc3c(c2)c(=O)n(CC(=O)N2CCCCCC2)c(=O)n3C)cc1C. The Morgan fingerprint density at radius 3 is 2.29 bits per heavy atom. The maximum Gasteiger partial charge on any atom is 0.331 e. The molecule has 4 rings (SSSR count). The molecular formula is C25H30N4O5S. The van der Waals surface area contributed by atoms with Gasteiger partial charge in [-0.2, -0.15) is 0 Å². The van der Waals surface area contributed by atoms with Crippen molar-refractivity contribution in [2.24, 2.45) is 7.05 Å². The molecule has 3 aromatic rings. The fourth-order valence-electron chi connectivity index (χ4n) is 4.38. The van der Waals surface area contributed by atoms with Crippen molar-refractivity contribution in [2.45, 2.75) is 51.0 Å². The van der Waals surface area contributed by atoms with Gasteiger partial charge in [-0.25, -0.2) is 13.2 Å². The number of benzene rings is 2. The normalized spacial score (nSPS) is 14.7. The molecule has 1 N–H and O–H groups in total. The first kappa shape index (κ1) is 24.7. The second kappa shape index (κ2) is 9.69. The predicted octanol–water partition coefficient (Wildman–Crippen LogP) is 2.52. The Kier molecular flexibility index (Phi) is 6.84. The van der Waals surface area contributed by atoms with Crippen LogP contribution in [0.1, 0.15) is 36.8 Å². The fourth-order valence-corrected chi connectivity index (χ4v) is 5.45. The van der Waals surface area contributed by atoms with Crippen molar-refractivity contribution in [3.05, 3.63) is 68.4 Å². The van der Waals surface area contributed by atoms with Crippen LogP contribution in [-0.2, 0) is 28.4 Å². The van der Waals surface area contributed by atoms with Gasteiger partial charge in [-0.1, -0.05) is 18.9 Å². The number of anilines is 1. The summed E-state index contributed by atoms with van der Waals surface area (Å²) in [5.41, 5.74) is 1.38. The number of nitrogens with zero attached hydrogens (tertiary/aromatic N) is 3. The van der Waals surface area contributed by atoms with Crippen LogP contribution in [0.2, 0.25) is 0 Å². The summed E-state index contributed by atoms with van der Waals surface area (Å²) >= 11 is 0. The quantitative estimate of drug-likeness (QED) is 0.581. The van der Waals surface area contributed by atoms with Crippen molar-refractivity contribution in [3.63, 3.8) is 0 Å². The van der Waals surface area contributed by atoms with Gasteiger partial charge in [0.1, 0.15) is 6.54 Å². The molecule has 1 aliphatic rings. The minimum absolute atomic E-state index is 0.0544. The molecule has 35 heavy (non-hydrogen) atoms. The van der Waals surface area contributed by atoms with Gasteiger partial charge < -0.3 is 4.90 Å². The molecule has 10 heteroatoms. The largest absolute Gasteiger partial charge is 0.341 e. The van der Waals surface area contributed by atoms with Crippen molar-refractivity contribution in [1.29, 1.82) is 0 Å². The van der Waals surface area contributed by atoms with E-state index in [0.29, 0.717) is 24.3 Å². The molecule has 0 unspecified atom stereocenters. The van der Waals surface area contributed by atoms with E-state index in [9.17, 15) is 22.8 Å². The number of rotatable bonds is 5. The van der Waals surface area contributed by atoms with Crippen LogP contribution in [0.3, 0.4) is 0 Å². The van der Waals surface area contributed by atoms with Crippen LogP contribution in [0.25, 0.3) is 10.9 Å². The zero-order chi connectivity index (χ0) is 25.3. The number of fused-ring (bicyclic) bond motifs is 1. The van der Waals surface area contributed by atoms with Crippen molar-refractivity contribution >= 4 is 32.5 Å². The van der Waals surface area contributed by atoms with Crippen LogP contribution in [0.4, 0.5) is 5.69 Å². The average molecular weight is 499 g/mol. The van der Waals surface area contributed by atoms with E-state index in [2.05, 4.69) is 4.72 Å². The fraction of sp³-hybridized carbons (Fsp3) is 0.400. The number of hydrogen-bond acceptors (Lipinski definition) is 5. The predicted molar refractivity (Wildman–Crippen MR) is 135 cm³/mol. The molecule has 2 aromatic carbocycles. The molecule has 9 nitrogen and oxygen atoms in total. The van der Waals surface area contributed by atoms with Gasteiger partial charge in [0.15, 0.2) is 0 Å². The minimum atomic E-state index is -3.99. The number of sulfonamides is 1. The summed E-state index contributed by atoms with van der Waals surface area (Å²) in [5.74, 6) is -0.286. The summed E-state index contributed by atoms with van der Waals surface area (Å²) in [4.78, 5) is 40.6. The van der Waals surface area contributed by atoms with Crippen molar-refractivity contribution < 1.29 is 13.2 Å². The third-order valence-corrected chi connectivity index (χ3v) is 8.02. The highest BCUT2D eigenvalue weighted by Gasteiger charge is 2.21. The Balaban J connectivity index is 1.72. The Hall–Kier alpha value is -3.40. The van der Waals surface area contributed by atoms with Gasteiger partial charge in [-0.15, -0.1) is 0 Å². The Morgan fingerprint density at radius 2 is 1.63 bits per heavy atom. The number of amides is 1. The highest BCUT2D eigenvalue weighted by Crippen LogP contribution is 2.21. The smallest absolute Gasteiger partial charge is 0.331 e. The average Bonchev–Trinajstić information content (AvgIpc) is 3.12. The highest BCUT2D eigenvalue weighted by atomic mass is 32.2. The van der Waals surface area contributed by atoms with Gasteiger partial charge in [-0.3, -0.25) is 23.4 Å². The molecule has 1 fully saturated rings. The van der Waals surface area contributed by atoms with Crippen molar-refractivity contribution in [2.75, 3.05) is 17.8 Å². The Bertz CT molecular complexity index is 1510. The van der Waals surface area contributed by atoms with Crippen LogP contribution in [-0.4, -0.2) is 41.4 Å². The van der Waals surface area contributed by atoms with Gasteiger partial charge in [0.2, 0.25) is 5.91 Å². The monoisotopic (exact) mass is 498 g/mol. The lowest BCUT2D eigenvalue weighted by Gasteiger charge is -2.21. The minimum Gasteiger partial charge on any atom is -0.341 e. The lowest BCUT2D eigenvalue weighted by Crippen LogP contribution is -2.44. The molecule has 186 valence electrons. The van der Waals surface area contributed by atoms with Crippen LogP contribution < -0.4 is 16.0 Å². The number of aromatic nitrogens is 2. The number of aryl methyl sites for hydroxylation is 3. The summed E-state index contributed by atoms with van der Waals surface area (Å²) < 4.78 is 30.8. The maximum absolute atomic E-state index is 13.3. The molecule has 0 radical (unpaired) electrons. The van der Waals surface area contributed by atoms with Gasteiger partial charge >= 0.3 is 5.69 Å². The van der Waals surface area contributed by atoms with Crippen LogP contribution >= 0.6 is 0 Å². The van der Waals surface area contributed by atoms with Crippen LogP contribution in [0.5, 0.6) is 0 Å². The summed E-state index contributed by atoms with van der Waals surface area (Å²) in [7, 11) is -2.49. The molecule has 1 saturated heterocycles. The van der Waals surface area contributed by atoms with Crippen LogP contribution in [0, 0.1) is 13.8 Å². The number of hydrogen-bond donors (Lipinski definition) is 1. The van der Waals surface area contributed by atoms with E-state index < -0.39 is 21.3 Å². The third kappa shape index (κ3) is 5.02. The summed E-state index contributed by atoms with van der Waals surface area (Å²) in [6, 6.07) is 9.28. The van der Waals surface area contributed by atoms with E-state index in [0.717, 1.165) is 41.4 Å². The molecule has 1 aliphatic heterocycles. The van der Waals surface area contributed by atoms with E-state index in [4.69, 9.17) is 0 Å². The lowest BCUT2D eigenvalue weighted by atomic mass is 10.1. The van der Waals surface area contributed by atoms with E-state index in [1.165, 1.54) is 29.8 Å². The number of carbonyl (C=O) groups is 1. The lowest BCUT2D eigenvalue weighted by molar-refractivity contribution is -0.131. The first-order valence-electron chi connectivity index (χ1n) is 11.7. The standard InChI is InChI=1S/C25H30N4O5S/c1-17-8-9-19(14-18(17)2)26-35(33,34)20-10-11-22-21(15-20)24(31)29(25(32)27(22)3)16-23(30)28-12-6-4-5-7-13-28/h8-11,14-15,26H,4-7,12-13,16H2,1-3H3. The first-order chi connectivity index (χ1) is 16.6. The molecule has 0 atom stereocenters.